The molecule has 5 heteroatoms. The molecule has 176 valence electrons. The Morgan fingerprint density at radius 1 is 1.00 bits per heavy atom. The molecule has 36 heavy (non-hydrogen) atoms. The fourth-order valence-electron chi connectivity index (χ4n) is 6.34. The van der Waals surface area contributed by atoms with Crippen LogP contribution in [0.3, 0.4) is 0 Å². The molecule has 4 aromatic rings. The maximum Gasteiger partial charge on any atom is 0.176 e. The number of fused-ring (bicyclic) bond motifs is 3. The van der Waals surface area contributed by atoms with Crippen LogP contribution in [0.25, 0.3) is 22.4 Å². The molecule has 2 heterocycles. The lowest BCUT2D eigenvalue weighted by Crippen LogP contribution is -2.48. The van der Waals surface area contributed by atoms with Gasteiger partial charge in [0.05, 0.1) is 22.4 Å². The molecular formula is C31H26N4O. The first-order valence-corrected chi connectivity index (χ1v) is 12.3. The van der Waals surface area contributed by atoms with Crippen LogP contribution in [-0.4, -0.2) is 20.5 Å². The van der Waals surface area contributed by atoms with E-state index in [1.54, 1.807) is 6.20 Å². The Balaban J connectivity index is 1.55. The smallest absolute Gasteiger partial charge is 0.176 e. The number of benzene rings is 2. The summed E-state index contributed by atoms with van der Waals surface area (Å²) in [6.45, 7) is 1.97. The van der Waals surface area contributed by atoms with Gasteiger partial charge >= 0.3 is 0 Å². The molecule has 0 unspecified atom stereocenters. The normalized spacial score (nSPS) is 22.8. The number of pyridine rings is 1. The van der Waals surface area contributed by atoms with Gasteiger partial charge in [-0.2, -0.15) is 10.4 Å². The van der Waals surface area contributed by atoms with Gasteiger partial charge in [0.15, 0.2) is 5.78 Å². The minimum Gasteiger partial charge on any atom is -0.293 e. The Labute approximate surface area is 210 Å². The number of ketones is 1. The zero-order valence-corrected chi connectivity index (χ0v) is 20.3. The lowest BCUT2D eigenvalue weighted by atomic mass is 9.54. The van der Waals surface area contributed by atoms with Crippen LogP contribution in [0.2, 0.25) is 0 Å². The minimum atomic E-state index is -0.612. The summed E-state index contributed by atoms with van der Waals surface area (Å²) in [6, 6.07) is 25.0. The van der Waals surface area contributed by atoms with Crippen molar-refractivity contribution in [1.29, 1.82) is 5.26 Å². The molecular weight excluding hydrogens is 444 g/mol. The number of aryl methyl sites for hydroxylation is 1. The van der Waals surface area contributed by atoms with Gasteiger partial charge in [0.1, 0.15) is 6.07 Å². The maximum atomic E-state index is 13.0. The molecule has 2 aromatic carbocycles. The molecule has 0 amide bonds. The molecule has 0 saturated heterocycles. The number of Topliss-reactive ketones (excluding diaryl/α,β-unsaturated/α-hetero) is 1. The molecule has 0 fully saturated rings. The number of nitriles is 1. The van der Waals surface area contributed by atoms with E-state index in [1.807, 2.05) is 55.2 Å². The molecule has 2 aromatic heterocycles. The third-order valence-electron chi connectivity index (χ3n) is 8.01. The molecule has 0 radical (unpaired) electrons. The number of nitrogens with zero attached hydrogens (tertiary/aromatic N) is 4. The van der Waals surface area contributed by atoms with Gasteiger partial charge in [-0.05, 0) is 47.6 Å². The van der Waals surface area contributed by atoms with Crippen molar-refractivity contribution in [1.82, 2.24) is 14.8 Å². The topological polar surface area (TPSA) is 71.6 Å². The van der Waals surface area contributed by atoms with Gasteiger partial charge in [-0.25, -0.2) is 0 Å². The van der Waals surface area contributed by atoms with Crippen LogP contribution in [0.4, 0.5) is 0 Å². The monoisotopic (exact) mass is 470 g/mol. The summed E-state index contributed by atoms with van der Waals surface area (Å²) in [5.41, 5.74) is 7.26. The summed E-state index contributed by atoms with van der Waals surface area (Å²) in [5, 5.41) is 15.0. The zero-order valence-electron chi connectivity index (χ0n) is 20.3. The Morgan fingerprint density at radius 3 is 2.44 bits per heavy atom. The minimum absolute atomic E-state index is 0.0488. The van der Waals surface area contributed by atoms with E-state index in [0.29, 0.717) is 0 Å². The van der Waals surface area contributed by atoms with Crippen molar-refractivity contribution in [3.63, 3.8) is 0 Å². The van der Waals surface area contributed by atoms with E-state index in [4.69, 9.17) is 5.10 Å². The van der Waals surface area contributed by atoms with E-state index < -0.39 is 5.41 Å². The van der Waals surface area contributed by atoms with Gasteiger partial charge < -0.3 is 0 Å². The van der Waals surface area contributed by atoms with Gasteiger partial charge in [0, 0.05) is 36.5 Å². The standard InChI is InChI=1S/C31H26N4O/c1-20-27-15-14-26-28(22-12-10-21(11-13-22)23-7-6-16-33-19-23)35(2)34-30(26)31(27,17-24(18-32)29(20)36)25-8-4-3-5-9-25/h3-13,16-17,19-20,27H,14-15H2,1-2H3/t20-,27-,31+/m0/s1. The predicted molar refractivity (Wildman–Crippen MR) is 139 cm³/mol. The summed E-state index contributed by atoms with van der Waals surface area (Å²) < 4.78 is 1.97. The number of hydrogen-bond acceptors (Lipinski definition) is 4. The molecule has 2 aliphatic rings. The van der Waals surface area contributed by atoms with Gasteiger partial charge in [0.25, 0.3) is 0 Å². The zero-order chi connectivity index (χ0) is 24.9. The molecule has 6 rings (SSSR count). The Bertz CT molecular complexity index is 1530. The van der Waals surface area contributed by atoms with E-state index in [0.717, 1.165) is 46.5 Å². The van der Waals surface area contributed by atoms with E-state index >= 15 is 0 Å². The molecule has 5 nitrogen and oxygen atoms in total. The molecule has 0 spiro atoms. The summed E-state index contributed by atoms with van der Waals surface area (Å²) in [5.74, 6) is -0.255. The summed E-state index contributed by atoms with van der Waals surface area (Å²) in [6.07, 6.45) is 7.26. The van der Waals surface area contributed by atoms with Gasteiger partial charge in [0.2, 0.25) is 0 Å². The van der Waals surface area contributed by atoms with Crippen LogP contribution in [0.15, 0.2) is 90.8 Å². The van der Waals surface area contributed by atoms with E-state index in [9.17, 15) is 10.1 Å². The van der Waals surface area contributed by atoms with Crippen LogP contribution in [0.1, 0.15) is 30.2 Å². The van der Waals surface area contributed by atoms with Crippen LogP contribution >= 0.6 is 0 Å². The summed E-state index contributed by atoms with van der Waals surface area (Å²) in [4.78, 5) is 17.3. The largest absolute Gasteiger partial charge is 0.293 e. The van der Waals surface area contributed by atoms with E-state index in [2.05, 4.69) is 53.5 Å². The second-order valence-electron chi connectivity index (χ2n) is 9.82. The number of carbonyl (C=O) groups is 1. The van der Waals surface area contributed by atoms with Crippen molar-refractivity contribution in [2.45, 2.75) is 25.2 Å². The van der Waals surface area contributed by atoms with Crippen LogP contribution in [0.5, 0.6) is 0 Å². The lowest BCUT2D eigenvalue weighted by Gasteiger charge is -2.47. The highest BCUT2D eigenvalue weighted by Crippen LogP contribution is 2.54. The molecule has 0 aliphatic heterocycles. The molecule has 2 aliphatic carbocycles. The molecule has 0 N–H and O–H groups in total. The number of rotatable bonds is 3. The number of carbonyl (C=O) groups excluding carboxylic acids is 1. The Kier molecular flexibility index (Phi) is 5.19. The van der Waals surface area contributed by atoms with Crippen molar-refractivity contribution >= 4 is 5.78 Å². The fourth-order valence-corrected chi connectivity index (χ4v) is 6.34. The van der Waals surface area contributed by atoms with Crippen molar-refractivity contribution in [2.75, 3.05) is 0 Å². The average Bonchev–Trinajstić information content (AvgIpc) is 3.28. The average molecular weight is 471 g/mol. The number of allylic oxidation sites excluding steroid dienone is 2. The third-order valence-corrected chi connectivity index (χ3v) is 8.01. The highest BCUT2D eigenvalue weighted by atomic mass is 16.1. The van der Waals surface area contributed by atoms with E-state index in [-0.39, 0.29) is 23.2 Å². The Hall–Kier alpha value is -4.30. The summed E-state index contributed by atoms with van der Waals surface area (Å²) in [7, 11) is 1.99. The van der Waals surface area contributed by atoms with E-state index in [1.165, 1.54) is 5.56 Å². The number of hydrogen-bond donors (Lipinski definition) is 0. The number of aromatic nitrogens is 3. The van der Waals surface area contributed by atoms with Crippen molar-refractivity contribution in [2.24, 2.45) is 18.9 Å². The van der Waals surface area contributed by atoms with Gasteiger partial charge in [-0.3, -0.25) is 14.5 Å². The second-order valence-corrected chi connectivity index (χ2v) is 9.82. The second kappa shape index (κ2) is 8.42. The van der Waals surface area contributed by atoms with Crippen molar-refractivity contribution in [3.05, 3.63) is 108 Å². The first kappa shape index (κ1) is 22.2. The Morgan fingerprint density at radius 2 is 1.75 bits per heavy atom. The van der Waals surface area contributed by atoms with Crippen molar-refractivity contribution in [3.8, 4) is 28.5 Å². The van der Waals surface area contributed by atoms with Gasteiger partial charge in [-0.1, -0.05) is 67.6 Å². The molecule has 0 bridgehead atoms. The van der Waals surface area contributed by atoms with Gasteiger partial charge in [-0.15, -0.1) is 0 Å². The SMILES string of the molecule is C[C@@H]1C(=O)C(C#N)=C[C@]2(c3ccccc3)c3nn(C)c(-c4ccc(-c5cccnc5)cc4)c3CC[C@@H]12. The predicted octanol–water partition coefficient (Wildman–Crippen LogP) is 5.67. The van der Waals surface area contributed by atoms with Crippen LogP contribution in [0, 0.1) is 23.2 Å². The third kappa shape index (κ3) is 3.18. The lowest BCUT2D eigenvalue weighted by molar-refractivity contribution is -0.121. The molecule has 3 atom stereocenters. The summed E-state index contributed by atoms with van der Waals surface area (Å²) >= 11 is 0. The maximum absolute atomic E-state index is 13.0. The van der Waals surface area contributed by atoms with Crippen LogP contribution in [-0.2, 0) is 23.7 Å². The molecule has 0 saturated carbocycles. The highest BCUT2D eigenvalue weighted by molar-refractivity contribution is 6.02. The van der Waals surface area contributed by atoms with Crippen molar-refractivity contribution < 1.29 is 4.79 Å². The highest BCUT2D eigenvalue weighted by Gasteiger charge is 2.53. The first-order valence-electron chi connectivity index (χ1n) is 12.3. The van der Waals surface area contributed by atoms with Crippen LogP contribution < -0.4 is 0 Å². The first-order chi connectivity index (χ1) is 17.5. The quantitative estimate of drug-likeness (QED) is 0.387. The fraction of sp³-hybridized carbons (Fsp3) is 0.226.